The molecule has 0 saturated heterocycles. The summed E-state index contributed by atoms with van der Waals surface area (Å²) < 4.78 is 2.32. The van der Waals surface area contributed by atoms with Crippen LogP contribution >= 0.6 is 23.2 Å². The van der Waals surface area contributed by atoms with Crippen molar-refractivity contribution in [1.29, 1.82) is 0 Å². The van der Waals surface area contributed by atoms with Gasteiger partial charge in [0.15, 0.2) is 5.96 Å². The molecule has 3 aromatic rings. The Kier molecular flexibility index (Phi) is 8.50. The minimum absolute atomic E-state index is 0.0668. The lowest BCUT2D eigenvalue weighted by molar-refractivity contribution is -0.114. The van der Waals surface area contributed by atoms with Crippen LogP contribution in [0.4, 0.5) is 11.6 Å². The molecule has 184 valence electrons. The molecule has 0 aliphatic carbocycles. The minimum Gasteiger partial charge on any atom is -0.370 e. The number of benzene rings is 2. The predicted molar refractivity (Wildman–Crippen MR) is 137 cm³/mol. The standard InChI is InChI=1S/C22H24Cl2N8O3/c1-13(33)29-18-4-2-14(3-5-18)11-31-20(28-7-6-27-19(25)26)30-21(34)32(22(31)35)12-15-8-16(23)10-17(24)9-15/h2-5,8-10H,6-7,11-12H2,1H3,(H,29,33)(H4,25,26,27)(H,28,30,34). The van der Waals surface area contributed by atoms with E-state index in [1.807, 2.05) is 0 Å². The molecule has 0 bridgehead atoms. The van der Waals surface area contributed by atoms with Crippen molar-refractivity contribution in [1.82, 2.24) is 14.1 Å². The van der Waals surface area contributed by atoms with Crippen LogP contribution in [0, 0.1) is 0 Å². The number of carbonyl (C=O) groups excluding carboxylic acids is 1. The third-order valence-corrected chi connectivity index (χ3v) is 5.15. The summed E-state index contributed by atoms with van der Waals surface area (Å²) in [5, 5.41) is 6.38. The van der Waals surface area contributed by atoms with Crippen molar-refractivity contribution in [2.45, 2.75) is 20.0 Å². The number of halogens is 2. The first-order valence-electron chi connectivity index (χ1n) is 10.4. The van der Waals surface area contributed by atoms with Gasteiger partial charge in [-0.2, -0.15) is 4.98 Å². The van der Waals surface area contributed by atoms with E-state index in [-0.39, 0.29) is 44.0 Å². The smallest absolute Gasteiger partial charge is 0.355 e. The maximum Gasteiger partial charge on any atom is 0.355 e. The molecule has 0 aliphatic heterocycles. The van der Waals surface area contributed by atoms with Crippen molar-refractivity contribution < 1.29 is 4.79 Å². The third-order valence-electron chi connectivity index (χ3n) is 4.72. The zero-order chi connectivity index (χ0) is 25.5. The van der Waals surface area contributed by atoms with E-state index in [0.29, 0.717) is 21.3 Å². The van der Waals surface area contributed by atoms with Gasteiger partial charge in [0, 0.05) is 29.2 Å². The molecule has 2 aromatic carbocycles. The lowest BCUT2D eigenvalue weighted by atomic mass is 10.2. The van der Waals surface area contributed by atoms with Gasteiger partial charge in [0.1, 0.15) is 0 Å². The molecule has 3 rings (SSSR count). The van der Waals surface area contributed by atoms with Crippen LogP contribution < -0.4 is 33.5 Å². The number of aliphatic imine (C=N–C) groups is 1. The van der Waals surface area contributed by atoms with Crippen molar-refractivity contribution in [3.05, 3.63) is 84.6 Å². The van der Waals surface area contributed by atoms with E-state index in [1.54, 1.807) is 42.5 Å². The van der Waals surface area contributed by atoms with Crippen molar-refractivity contribution in [3.63, 3.8) is 0 Å². The molecule has 13 heteroatoms. The van der Waals surface area contributed by atoms with Crippen LogP contribution in [-0.4, -0.2) is 39.1 Å². The predicted octanol–water partition coefficient (Wildman–Crippen LogP) is 1.45. The molecular weight excluding hydrogens is 495 g/mol. The van der Waals surface area contributed by atoms with Gasteiger partial charge in [0.25, 0.3) is 0 Å². The first kappa shape index (κ1) is 25.8. The summed E-state index contributed by atoms with van der Waals surface area (Å²) >= 11 is 12.1. The molecule has 1 aromatic heterocycles. The molecule has 0 saturated carbocycles. The second kappa shape index (κ2) is 11.5. The summed E-state index contributed by atoms with van der Waals surface area (Å²) in [6.45, 7) is 1.90. The summed E-state index contributed by atoms with van der Waals surface area (Å²) in [6.07, 6.45) is 0. The fourth-order valence-electron chi connectivity index (χ4n) is 3.26. The highest BCUT2D eigenvalue weighted by Gasteiger charge is 2.15. The third kappa shape index (κ3) is 7.33. The molecule has 0 unspecified atom stereocenters. The van der Waals surface area contributed by atoms with Crippen molar-refractivity contribution in [3.8, 4) is 0 Å². The van der Waals surface area contributed by atoms with Crippen LogP contribution in [0.5, 0.6) is 0 Å². The average Bonchev–Trinajstić information content (AvgIpc) is 2.76. The van der Waals surface area contributed by atoms with E-state index in [2.05, 4.69) is 20.6 Å². The molecule has 11 nitrogen and oxygen atoms in total. The van der Waals surface area contributed by atoms with Gasteiger partial charge in [0.2, 0.25) is 11.9 Å². The summed E-state index contributed by atoms with van der Waals surface area (Å²) in [4.78, 5) is 45.4. The SMILES string of the molecule is CC(=O)Nc1ccc(Cn2c(NCCN=C(N)N)nc(=O)n(Cc3cc(Cl)cc(Cl)c3)c2=O)cc1. The molecule has 1 amide bonds. The zero-order valence-corrected chi connectivity index (χ0v) is 20.3. The van der Waals surface area contributed by atoms with E-state index >= 15 is 0 Å². The Balaban J connectivity index is 1.98. The highest BCUT2D eigenvalue weighted by Crippen LogP contribution is 2.19. The fraction of sp³-hybridized carbons (Fsp3) is 0.227. The number of guanidine groups is 1. The second-order valence-corrected chi connectivity index (χ2v) is 8.43. The molecule has 6 N–H and O–H groups in total. The van der Waals surface area contributed by atoms with E-state index in [1.165, 1.54) is 11.5 Å². The Morgan fingerprint density at radius 2 is 1.63 bits per heavy atom. The number of rotatable bonds is 9. The largest absolute Gasteiger partial charge is 0.370 e. The van der Waals surface area contributed by atoms with Crippen LogP contribution in [0.2, 0.25) is 10.0 Å². The van der Waals surface area contributed by atoms with E-state index in [0.717, 1.165) is 10.1 Å². The number of carbonyl (C=O) groups is 1. The van der Waals surface area contributed by atoms with Crippen LogP contribution in [0.15, 0.2) is 57.0 Å². The number of hydrogen-bond acceptors (Lipinski definition) is 6. The Labute approximate surface area is 210 Å². The highest BCUT2D eigenvalue weighted by molar-refractivity contribution is 6.34. The molecule has 35 heavy (non-hydrogen) atoms. The second-order valence-electron chi connectivity index (χ2n) is 7.56. The number of anilines is 2. The molecule has 0 spiro atoms. The fourth-order valence-corrected chi connectivity index (χ4v) is 3.83. The minimum atomic E-state index is -0.743. The van der Waals surface area contributed by atoms with E-state index in [4.69, 9.17) is 34.7 Å². The Bertz CT molecular complexity index is 1340. The summed E-state index contributed by atoms with van der Waals surface area (Å²) in [6, 6.07) is 11.7. The maximum absolute atomic E-state index is 13.4. The van der Waals surface area contributed by atoms with Crippen LogP contribution in [0.1, 0.15) is 18.1 Å². The van der Waals surface area contributed by atoms with Gasteiger partial charge < -0.3 is 22.1 Å². The molecule has 0 radical (unpaired) electrons. The Morgan fingerprint density at radius 1 is 1.00 bits per heavy atom. The molecule has 0 fully saturated rings. The molecule has 1 heterocycles. The highest BCUT2D eigenvalue weighted by atomic mass is 35.5. The zero-order valence-electron chi connectivity index (χ0n) is 18.8. The quantitative estimate of drug-likeness (QED) is 0.189. The van der Waals surface area contributed by atoms with Gasteiger partial charge in [-0.3, -0.25) is 14.4 Å². The van der Waals surface area contributed by atoms with Crippen LogP contribution in [-0.2, 0) is 17.9 Å². The van der Waals surface area contributed by atoms with E-state index in [9.17, 15) is 14.4 Å². The van der Waals surface area contributed by atoms with Gasteiger partial charge in [-0.25, -0.2) is 14.2 Å². The average molecular weight is 519 g/mol. The monoisotopic (exact) mass is 518 g/mol. The molecule has 0 aliphatic rings. The number of nitrogens with two attached hydrogens (primary N) is 2. The van der Waals surface area contributed by atoms with Crippen molar-refractivity contribution in [2.75, 3.05) is 23.7 Å². The van der Waals surface area contributed by atoms with Gasteiger partial charge >= 0.3 is 11.4 Å². The first-order chi connectivity index (χ1) is 16.6. The number of nitrogens with one attached hydrogen (secondary N) is 2. The van der Waals surface area contributed by atoms with Crippen LogP contribution in [0.3, 0.4) is 0 Å². The summed E-state index contributed by atoms with van der Waals surface area (Å²) in [7, 11) is 0. The lowest BCUT2D eigenvalue weighted by Crippen LogP contribution is -2.43. The van der Waals surface area contributed by atoms with Gasteiger partial charge in [-0.1, -0.05) is 35.3 Å². The number of hydrogen-bond donors (Lipinski definition) is 4. The summed E-state index contributed by atoms with van der Waals surface area (Å²) in [5.41, 5.74) is 11.3. The topological polar surface area (TPSA) is 162 Å². The number of aromatic nitrogens is 3. The first-order valence-corrected chi connectivity index (χ1v) is 11.2. The normalized spacial score (nSPS) is 10.6. The van der Waals surface area contributed by atoms with Gasteiger partial charge in [-0.05, 0) is 41.5 Å². The van der Waals surface area contributed by atoms with Crippen molar-refractivity contribution in [2.24, 2.45) is 16.5 Å². The molecule has 0 atom stereocenters. The lowest BCUT2D eigenvalue weighted by Gasteiger charge is -2.16. The van der Waals surface area contributed by atoms with Gasteiger partial charge in [0.05, 0.1) is 19.6 Å². The maximum atomic E-state index is 13.4. The Morgan fingerprint density at radius 3 is 2.23 bits per heavy atom. The molecular formula is C22H24Cl2N8O3. The van der Waals surface area contributed by atoms with E-state index < -0.39 is 11.4 Å². The van der Waals surface area contributed by atoms with Crippen molar-refractivity contribution >= 4 is 46.7 Å². The number of nitrogens with zero attached hydrogens (tertiary/aromatic N) is 4. The van der Waals surface area contributed by atoms with Crippen LogP contribution in [0.25, 0.3) is 0 Å². The van der Waals surface area contributed by atoms with Gasteiger partial charge in [-0.15, -0.1) is 0 Å². The Hall–Kier alpha value is -3.83. The number of amides is 1. The summed E-state index contributed by atoms with van der Waals surface area (Å²) in [5.74, 6) is -0.206.